The minimum atomic E-state index is -1.57. The number of aliphatic hydroxyl groups is 1. The summed E-state index contributed by atoms with van der Waals surface area (Å²) >= 11 is 0. The number of rotatable bonds is 20. The third-order valence-electron chi connectivity index (χ3n) is 5.68. The van der Waals surface area contributed by atoms with Gasteiger partial charge in [-0.25, -0.2) is 0 Å². The second-order valence-electron chi connectivity index (χ2n) is 9.19. The van der Waals surface area contributed by atoms with Crippen LogP contribution in [0.4, 0.5) is 0 Å². The molecular weight excluding hydrogens is 518 g/mol. The average molecular weight is 562 g/mol. The van der Waals surface area contributed by atoms with Crippen molar-refractivity contribution in [3.05, 3.63) is 0 Å². The van der Waals surface area contributed by atoms with Crippen molar-refractivity contribution in [2.75, 3.05) is 13.1 Å². The van der Waals surface area contributed by atoms with Crippen molar-refractivity contribution in [1.29, 1.82) is 0 Å². The quantitative estimate of drug-likeness (QED) is 0.0647. The number of hydrogen-bond donors (Lipinski definition) is 10. The molecule has 0 spiro atoms. The van der Waals surface area contributed by atoms with Crippen LogP contribution in [0, 0.1) is 0 Å². The molecule has 0 aliphatic carbocycles. The molecule has 6 atom stereocenters. The maximum absolute atomic E-state index is 13.2. The highest BCUT2D eigenvalue weighted by Gasteiger charge is 2.33. The van der Waals surface area contributed by atoms with E-state index in [4.69, 9.17) is 27.4 Å². The zero-order chi connectivity index (χ0) is 30.1. The Balaban J connectivity index is 5.71. The van der Waals surface area contributed by atoms with E-state index in [0.717, 1.165) is 0 Å². The Hall–Kier alpha value is -3.34. The molecule has 0 rings (SSSR count). The molecule has 0 aromatic carbocycles. The third-order valence-corrected chi connectivity index (χ3v) is 5.68. The van der Waals surface area contributed by atoms with Gasteiger partial charge in [-0.15, -0.1) is 0 Å². The zero-order valence-electron chi connectivity index (χ0n) is 22.4. The second-order valence-corrected chi connectivity index (χ2v) is 9.19. The summed E-state index contributed by atoms with van der Waals surface area (Å²) in [5.41, 5.74) is 16.5. The minimum absolute atomic E-state index is 0.0937. The Morgan fingerprint density at radius 3 is 1.56 bits per heavy atom. The SMILES string of the molecule is CC(NC(=O)C(CCCCN)NC(=O)C(CCCCN)NC(=O)C(NC(=O)C(N)CC(=O)O)C(C)O)C(=O)O. The van der Waals surface area contributed by atoms with E-state index in [1.165, 1.54) is 13.8 Å². The molecule has 0 radical (unpaired) electrons. The number of aliphatic hydroxyl groups excluding tert-OH is 1. The molecule has 0 saturated carbocycles. The number of hydrogen-bond acceptors (Lipinski definition) is 10. The first kappa shape index (κ1) is 35.7. The minimum Gasteiger partial charge on any atom is -0.481 e. The van der Waals surface area contributed by atoms with Crippen molar-refractivity contribution in [3.8, 4) is 0 Å². The van der Waals surface area contributed by atoms with E-state index in [-0.39, 0.29) is 12.8 Å². The molecule has 0 aliphatic heterocycles. The Bertz CT molecular complexity index is 841. The monoisotopic (exact) mass is 561 g/mol. The number of unbranched alkanes of at least 4 members (excludes halogenated alkanes) is 2. The van der Waals surface area contributed by atoms with Crippen LogP contribution < -0.4 is 38.5 Å². The van der Waals surface area contributed by atoms with Crippen LogP contribution in [0.1, 0.15) is 58.8 Å². The van der Waals surface area contributed by atoms with Crippen LogP contribution in [-0.4, -0.2) is 100 Å². The first-order chi connectivity index (χ1) is 18.2. The van der Waals surface area contributed by atoms with Crippen molar-refractivity contribution in [2.24, 2.45) is 17.2 Å². The van der Waals surface area contributed by atoms with Crippen molar-refractivity contribution in [1.82, 2.24) is 21.3 Å². The van der Waals surface area contributed by atoms with Gasteiger partial charge in [0.15, 0.2) is 0 Å². The summed E-state index contributed by atoms with van der Waals surface area (Å²) in [7, 11) is 0. The molecule has 13 N–H and O–H groups in total. The summed E-state index contributed by atoms with van der Waals surface area (Å²) in [4.78, 5) is 73.0. The number of nitrogens with two attached hydrogens (primary N) is 3. The molecule has 16 heteroatoms. The molecule has 0 bridgehead atoms. The Morgan fingerprint density at radius 2 is 1.15 bits per heavy atom. The van der Waals surface area contributed by atoms with Gasteiger partial charge in [-0.1, -0.05) is 0 Å². The number of amides is 4. The lowest BCUT2D eigenvalue weighted by Gasteiger charge is -2.27. The fourth-order valence-electron chi connectivity index (χ4n) is 3.38. The van der Waals surface area contributed by atoms with Gasteiger partial charge in [-0.3, -0.25) is 28.8 Å². The van der Waals surface area contributed by atoms with Gasteiger partial charge in [0.1, 0.15) is 24.2 Å². The largest absolute Gasteiger partial charge is 0.481 e. The molecule has 0 aliphatic rings. The number of aliphatic carboxylic acids is 2. The lowest BCUT2D eigenvalue weighted by atomic mass is 10.0. The van der Waals surface area contributed by atoms with Crippen LogP contribution in [0.5, 0.6) is 0 Å². The van der Waals surface area contributed by atoms with Crippen LogP contribution in [0.15, 0.2) is 0 Å². The van der Waals surface area contributed by atoms with Crippen molar-refractivity contribution < 1.29 is 44.1 Å². The summed E-state index contributed by atoms with van der Waals surface area (Å²) in [6.45, 7) is 3.13. The van der Waals surface area contributed by atoms with Gasteiger partial charge >= 0.3 is 11.9 Å². The maximum Gasteiger partial charge on any atom is 0.325 e. The number of carboxylic acid groups (broad SMARTS) is 2. The normalized spacial score (nSPS) is 15.5. The first-order valence-corrected chi connectivity index (χ1v) is 12.7. The highest BCUT2D eigenvalue weighted by molar-refractivity contribution is 5.96. The molecule has 224 valence electrons. The predicted molar refractivity (Wildman–Crippen MR) is 139 cm³/mol. The van der Waals surface area contributed by atoms with E-state index >= 15 is 0 Å². The highest BCUT2D eigenvalue weighted by Crippen LogP contribution is 2.07. The van der Waals surface area contributed by atoms with Gasteiger partial charge in [0, 0.05) is 0 Å². The van der Waals surface area contributed by atoms with Crippen LogP contribution in [0.25, 0.3) is 0 Å². The van der Waals surface area contributed by atoms with Gasteiger partial charge < -0.3 is 53.8 Å². The number of nitrogens with one attached hydrogen (secondary N) is 4. The first-order valence-electron chi connectivity index (χ1n) is 12.7. The number of carboxylic acids is 2. The summed E-state index contributed by atoms with van der Waals surface area (Å²) in [5, 5.41) is 37.4. The molecule has 4 amide bonds. The fourth-order valence-corrected chi connectivity index (χ4v) is 3.38. The summed E-state index contributed by atoms with van der Waals surface area (Å²) < 4.78 is 0. The van der Waals surface area contributed by atoms with Crippen LogP contribution in [-0.2, 0) is 28.8 Å². The van der Waals surface area contributed by atoms with E-state index in [1.807, 2.05) is 0 Å². The molecular formula is C23H43N7O9. The van der Waals surface area contributed by atoms with E-state index in [2.05, 4.69) is 21.3 Å². The number of carbonyl (C=O) groups excluding carboxylic acids is 4. The molecule has 0 heterocycles. The molecule has 0 aromatic heterocycles. The highest BCUT2D eigenvalue weighted by atomic mass is 16.4. The van der Waals surface area contributed by atoms with Gasteiger partial charge in [0.2, 0.25) is 23.6 Å². The predicted octanol–water partition coefficient (Wildman–Crippen LogP) is -3.53. The summed E-state index contributed by atoms with van der Waals surface area (Å²) in [6, 6.07) is -6.60. The summed E-state index contributed by atoms with van der Waals surface area (Å²) in [5.74, 6) is -6.03. The molecule has 39 heavy (non-hydrogen) atoms. The van der Waals surface area contributed by atoms with Crippen molar-refractivity contribution >= 4 is 35.6 Å². The van der Waals surface area contributed by atoms with Crippen LogP contribution in [0.3, 0.4) is 0 Å². The zero-order valence-corrected chi connectivity index (χ0v) is 22.4. The standard InChI is InChI=1S/C23H43N7O9/c1-12(23(38)39)27-20(35)15(7-3-5-9-24)28-21(36)16(8-4-6-10-25)29-22(37)18(13(2)31)30-19(34)14(26)11-17(32)33/h12-16,18,31H,3-11,24-26H2,1-2H3,(H,27,35)(H,28,36)(H,29,37)(H,30,34)(H,32,33)(H,38,39). The van der Waals surface area contributed by atoms with E-state index in [0.29, 0.717) is 38.8 Å². The van der Waals surface area contributed by atoms with Gasteiger partial charge in [-0.2, -0.15) is 0 Å². The van der Waals surface area contributed by atoms with Crippen LogP contribution in [0.2, 0.25) is 0 Å². The molecule has 0 fully saturated rings. The van der Waals surface area contributed by atoms with Crippen LogP contribution >= 0.6 is 0 Å². The smallest absolute Gasteiger partial charge is 0.325 e. The van der Waals surface area contributed by atoms with Gasteiger partial charge in [-0.05, 0) is 65.5 Å². The fraction of sp³-hybridized carbons (Fsp3) is 0.739. The second kappa shape index (κ2) is 18.8. The van der Waals surface area contributed by atoms with Crippen molar-refractivity contribution in [3.63, 3.8) is 0 Å². The third kappa shape index (κ3) is 14.4. The topological polar surface area (TPSA) is 289 Å². The molecule has 0 aromatic rings. The molecule has 6 unspecified atom stereocenters. The Labute approximate surface area is 226 Å². The number of carbonyl (C=O) groups is 6. The van der Waals surface area contributed by atoms with E-state index in [9.17, 15) is 33.9 Å². The Kier molecular flexibility index (Phi) is 17.2. The van der Waals surface area contributed by atoms with Gasteiger partial charge in [0.05, 0.1) is 18.6 Å². The van der Waals surface area contributed by atoms with E-state index in [1.54, 1.807) is 0 Å². The lowest BCUT2D eigenvalue weighted by Crippen LogP contribution is -2.60. The molecule has 0 saturated heterocycles. The molecule has 16 nitrogen and oxygen atoms in total. The lowest BCUT2D eigenvalue weighted by molar-refractivity contribution is -0.142. The summed E-state index contributed by atoms with van der Waals surface area (Å²) in [6.07, 6.45) is 0.0114. The van der Waals surface area contributed by atoms with Crippen molar-refractivity contribution in [2.45, 2.75) is 95.1 Å². The van der Waals surface area contributed by atoms with Gasteiger partial charge in [0.25, 0.3) is 0 Å². The average Bonchev–Trinajstić information content (AvgIpc) is 2.84. The maximum atomic E-state index is 13.2. The van der Waals surface area contributed by atoms with E-state index < -0.39 is 78.3 Å². The Morgan fingerprint density at radius 1 is 0.692 bits per heavy atom.